The standard InChI is InChI=1S/C17H15N3OS/c1-12(16(21)19-14-8-3-2-4-9-14)22-17-15-10-6-5-7-13(15)11-18-20-17/h2-12H,1H3,(H,19,21). The van der Waals surface area contributed by atoms with Crippen molar-refractivity contribution in [1.82, 2.24) is 10.2 Å². The van der Waals surface area contributed by atoms with Gasteiger partial charge in [-0.25, -0.2) is 0 Å². The first-order valence-corrected chi connectivity index (χ1v) is 7.85. The number of nitrogens with zero attached hydrogens (tertiary/aromatic N) is 2. The Bertz CT molecular complexity index is 787. The number of rotatable bonds is 4. The number of carbonyl (C=O) groups excluding carboxylic acids is 1. The van der Waals surface area contributed by atoms with Gasteiger partial charge in [-0.1, -0.05) is 54.2 Å². The Kier molecular flexibility index (Phi) is 4.34. The Morgan fingerprint density at radius 1 is 1.09 bits per heavy atom. The average Bonchev–Trinajstić information content (AvgIpc) is 2.56. The number of hydrogen-bond donors (Lipinski definition) is 1. The zero-order valence-electron chi connectivity index (χ0n) is 12.1. The molecule has 4 nitrogen and oxygen atoms in total. The molecule has 3 aromatic rings. The van der Waals surface area contributed by atoms with E-state index < -0.39 is 0 Å². The maximum atomic E-state index is 12.3. The Morgan fingerprint density at radius 3 is 2.64 bits per heavy atom. The molecule has 1 N–H and O–H groups in total. The summed E-state index contributed by atoms with van der Waals surface area (Å²) in [5.41, 5.74) is 0.795. The molecule has 2 aromatic carbocycles. The van der Waals surface area contributed by atoms with Crippen molar-refractivity contribution in [3.8, 4) is 0 Å². The largest absolute Gasteiger partial charge is 0.325 e. The van der Waals surface area contributed by atoms with Gasteiger partial charge in [0.25, 0.3) is 0 Å². The van der Waals surface area contributed by atoms with Crippen molar-refractivity contribution in [2.75, 3.05) is 5.32 Å². The minimum absolute atomic E-state index is 0.0501. The third-order valence-electron chi connectivity index (χ3n) is 3.24. The van der Waals surface area contributed by atoms with Crippen molar-refractivity contribution >= 4 is 34.1 Å². The van der Waals surface area contributed by atoms with Gasteiger partial charge in [0.15, 0.2) is 0 Å². The van der Waals surface area contributed by atoms with Crippen LogP contribution in [0.5, 0.6) is 0 Å². The van der Waals surface area contributed by atoms with E-state index in [2.05, 4.69) is 15.5 Å². The average molecular weight is 309 g/mol. The van der Waals surface area contributed by atoms with Gasteiger partial charge in [-0.15, -0.1) is 5.10 Å². The van der Waals surface area contributed by atoms with Crippen LogP contribution in [0, 0.1) is 0 Å². The number of para-hydroxylation sites is 1. The summed E-state index contributed by atoms with van der Waals surface area (Å²) in [6.45, 7) is 1.87. The van der Waals surface area contributed by atoms with E-state index in [0.29, 0.717) is 0 Å². The van der Waals surface area contributed by atoms with Gasteiger partial charge in [0.1, 0.15) is 5.03 Å². The summed E-state index contributed by atoms with van der Waals surface area (Å²) in [5.74, 6) is -0.0501. The molecule has 0 spiro atoms. The van der Waals surface area contributed by atoms with Crippen LogP contribution in [0.1, 0.15) is 6.92 Å². The zero-order valence-corrected chi connectivity index (χ0v) is 12.9. The van der Waals surface area contributed by atoms with Gasteiger partial charge in [-0.3, -0.25) is 4.79 Å². The third kappa shape index (κ3) is 3.26. The molecule has 5 heteroatoms. The van der Waals surface area contributed by atoms with Crippen molar-refractivity contribution in [3.63, 3.8) is 0 Å². The Hall–Kier alpha value is -2.40. The lowest BCUT2D eigenvalue weighted by atomic mass is 10.2. The minimum Gasteiger partial charge on any atom is -0.325 e. The Morgan fingerprint density at radius 2 is 1.82 bits per heavy atom. The number of carbonyl (C=O) groups is 1. The lowest BCUT2D eigenvalue weighted by Gasteiger charge is -2.12. The molecule has 0 saturated carbocycles. The second-order valence-corrected chi connectivity index (χ2v) is 6.18. The van der Waals surface area contributed by atoms with E-state index in [9.17, 15) is 4.79 Å². The Balaban J connectivity index is 1.75. The van der Waals surface area contributed by atoms with Crippen molar-refractivity contribution in [2.24, 2.45) is 0 Å². The first-order chi connectivity index (χ1) is 10.7. The highest BCUT2D eigenvalue weighted by atomic mass is 32.2. The monoisotopic (exact) mass is 309 g/mol. The van der Waals surface area contributed by atoms with Crippen LogP contribution in [0.3, 0.4) is 0 Å². The molecule has 1 aromatic heterocycles. The number of benzene rings is 2. The topological polar surface area (TPSA) is 54.9 Å². The fourth-order valence-corrected chi connectivity index (χ4v) is 2.98. The fraction of sp³-hybridized carbons (Fsp3) is 0.118. The molecule has 0 saturated heterocycles. The van der Waals surface area contributed by atoms with E-state index in [0.717, 1.165) is 21.5 Å². The second-order valence-electron chi connectivity index (χ2n) is 4.85. The van der Waals surface area contributed by atoms with Gasteiger partial charge in [-0.05, 0) is 19.1 Å². The SMILES string of the molecule is CC(Sc1nncc2ccccc12)C(=O)Nc1ccccc1. The summed E-state index contributed by atoms with van der Waals surface area (Å²) in [6, 6.07) is 17.3. The van der Waals surface area contributed by atoms with E-state index in [1.165, 1.54) is 11.8 Å². The summed E-state index contributed by atoms with van der Waals surface area (Å²) in [4.78, 5) is 12.3. The molecule has 3 rings (SSSR count). The van der Waals surface area contributed by atoms with Crippen molar-refractivity contribution in [1.29, 1.82) is 0 Å². The molecular formula is C17H15N3OS. The van der Waals surface area contributed by atoms with Gasteiger partial charge in [0, 0.05) is 16.5 Å². The van der Waals surface area contributed by atoms with E-state index in [4.69, 9.17) is 0 Å². The van der Waals surface area contributed by atoms with E-state index in [-0.39, 0.29) is 11.2 Å². The van der Waals surface area contributed by atoms with Gasteiger partial charge in [0.2, 0.25) is 5.91 Å². The fourth-order valence-electron chi connectivity index (χ4n) is 2.08. The summed E-state index contributed by atoms with van der Waals surface area (Å²) in [5, 5.41) is 13.6. The van der Waals surface area contributed by atoms with Crippen LogP contribution in [0.2, 0.25) is 0 Å². The number of amides is 1. The summed E-state index contributed by atoms with van der Waals surface area (Å²) < 4.78 is 0. The van der Waals surface area contributed by atoms with Gasteiger partial charge >= 0.3 is 0 Å². The van der Waals surface area contributed by atoms with Crippen LogP contribution < -0.4 is 5.32 Å². The number of hydrogen-bond acceptors (Lipinski definition) is 4. The van der Waals surface area contributed by atoms with Crippen LogP contribution in [0.4, 0.5) is 5.69 Å². The highest BCUT2D eigenvalue weighted by Gasteiger charge is 2.17. The molecule has 0 aliphatic heterocycles. The van der Waals surface area contributed by atoms with Crippen LogP contribution in [-0.4, -0.2) is 21.4 Å². The number of thioether (sulfide) groups is 1. The predicted molar refractivity (Wildman–Crippen MR) is 89.9 cm³/mol. The van der Waals surface area contributed by atoms with Gasteiger partial charge in [0.05, 0.1) is 11.4 Å². The van der Waals surface area contributed by atoms with Crippen LogP contribution >= 0.6 is 11.8 Å². The smallest absolute Gasteiger partial charge is 0.237 e. The van der Waals surface area contributed by atoms with Crippen molar-refractivity contribution < 1.29 is 4.79 Å². The third-order valence-corrected chi connectivity index (χ3v) is 4.33. The second kappa shape index (κ2) is 6.58. The van der Waals surface area contributed by atoms with E-state index in [1.54, 1.807) is 6.20 Å². The normalized spacial score (nSPS) is 12.0. The molecule has 0 fully saturated rings. The number of nitrogens with one attached hydrogen (secondary N) is 1. The molecule has 0 aliphatic rings. The number of aromatic nitrogens is 2. The maximum Gasteiger partial charge on any atom is 0.237 e. The van der Waals surface area contributed by atoms with Crippen molar-refractivity contribution in [2.45, 2.75) is 17.2 Å². The highest BCUT2D eigenvalue weighted by Crippen LogP contribution is 2.28. The molecule has 1 unspecified atom stereocenters. The van der Waals surface area contributed by atoms with Crippen molar-refractivity contribution in [3.05, 3.63) is 60.8 Å². The molecule has 0 radical (unpaired) electrons. The maximum absolute atomic E-state index is 12.3. The first kappa shape index (κ1) is 14.5. The van der Waals surface area contributed by atoms with E-state index >= 15 is 0 Å². The first-order valence-electron chi connectivity index (χ1n) is 6.97. The highest BCUT2D eigenvalue weighted by molar-refractivity contribution is 8.00. The molecule has 1 amide bonds. The van der Waals surface area contributed by atoms with Crippen LogP contribution in [0.15, 0.2) is 65.8 Å². The quantitative estimate of drug-likeness (QED) is 0.746. The summed E-state index contributed by atoms with van der Waals surface area (Å²) in [6.07, 6.45) is 1.73. The molecular weight excluding hydrogens is 294 g/mol. The van der Waals surface area contributed by atoms with Crippen LogP contribution in [0.25, 0.3) is 10.8 Å². The lowest BCUT2D eigenvalue weighted by Crippen LogP contribution is -2.22. The summed E-state index contributed by atoms with van der Waals surface area (Å²) >= 11 is 1.41. The Labute approximate surface area is 133 Å². The minimum atomic E-state index is -0.264. The molecule has 1 heterocycles. The predicted octanol–water partition coefficient (Wildman–Crippen LogP) is 3.75. The zero-order chi connectivity index (χ0) is 15.4. The molecule has 1 atom stereocenters. The summed E-state index contributed by atoms with van der Waals surface area (Å²) in [7, 11) is 0. The van der Waals surface area contributed by atoms with Crippen LogP contribution in [-0.2, 0) is 4.79 Å². The molecule has 0 bridgehead atoms. The van der Waals surface area contributed by atoms with Gasteiger partial charge in [-0.2, -0.15) is 5.10 Å². The van der Waals surface area contributed by atoms with E-state index in [1.807, 2.05) is 61.5 Å². The molecule has 110 valence electrons. The van der Waals surface area contributed by atoms with Gasteiger partial charge < -0.3 is 5.32 Å². The molecule has 0 aliphatic carbocycles. The molecule has 22 heavy (non-hydrogen) atoms. The number of fused-ring (bicyclic) bond motifs is 1. The lowest BCUT2D eigenvalue weighted by molar-refractivity contribution is -0.115. The number of anilines is 1.